The van der Waals surface area contributed by atoms with Gasteiger partial charge < -0.3 is 4.74 Å². The Morgan fingerprint density at radius 2 is 2.18 bits per heavy atom. The summed E-state index contributed by atoms with van der Waals surface area (Å²) in [4.78, 5) is 0. The van der Waals surface area contributed by atoms with Gasteiger partial charge in [0.1, 0.15) is 0 Å². The van der Waals surface area contributed by atoms with Crippen LogP contribution in [0.2, 0.25) is 0 Å². The fraction of sp³-hybridized carbons (Fsp3) is 1.00. The Bertz CT molecular complexity index is 224. The van der Waals surface area contributed by atoms with Gasteiger partial charge in [-0.05, 0) is 6.42 Å². The van der Waals surface area contributed by atoms with Crippen molar-refractivity contribution >= 4 is 10.0 Å². The summed E-state index contributed by atoms with van der Waals surface area (Å²) < 4.78 is 28.6. The minimum atomic E-state index is -2.95. The lowest BCUT2D eigenvalue weighted by molar-refractivity contribution is 0.0800. The van der Waals surface area contributed by atoms with Crippen LogP contribution in [0.25, 0.3) is 0 Å². The van der Waals surface area contributed by atoms with E-state index in [1.165, 1.54) is 4.31 Å². The van der Waals surface area contributed by atoms with Crippen LogP contribution in [-0.2, 0) is 14.8 Å². The Labute approximate surface area is 67.2 Å². The van der Waals surface area contributed by atoms with Crippen molar-refractivity contribution in [3.05, 3.63) is 0 Å². The molecule has 0 N–H and O–H groups in total. The van der Waals surface area contributed by atoms with Crippen LogP contribution in [0.3, 0.4) is 0 Å². The molecule has 1 heterocycles. The molecule has 1 unspecified atom stereocenters. The van der Waals surface area contributed by atoms with Gasteiger partial charge in [0.15, 0.2) is 0 Å². The van der Waals surface area contributed by atoms with Crippen molar-refractivity contribution < 1.29 is 13.2 Å². The molecule has 0 bridgehead atoms. The van der Waals surface area contributed by atoms with Gasteiger partial charge in [0.05, 0.1) is 11.9 Å². The average molecular weight is 179 g/mol. The van der Waals surface area contributed by atoms with Crippen LogP contribution in [0.15, 0.2) is 0 Å². The zero-order chi connectivity index (χ0) is 8.48. The summed E-state index contributed by atoms with van der Waals surface area (Å²) in [6.45, 7) is 0.485. The molecule has 1 fully saturated rings. The molecule has 0 aromatic carbocycles. The van der Waals surface area contributed by atoms with Crippen molar-refractivity contribution in [3.8, 4) is 0 Å². The highest BCUT2D eigenvalue weighted by molar-refractivity contribution is 7.89. The van der Waals surface area contributed by atoms with E-state index < -0.39 is 10.0 Å². The third-order valence-electron chi connectivity index (χ3n) is 1.97. The molecule has 11 heavy (non-hydrogen) atoms. The van der Waals surface area contributed by atoms with Gasteiger partial charge in [0, 0.05) is 20.7 Å². The maximum absolute atomic E-state index is 11.1. The van der Waals surface area contributed by atoms with E-state index >= 15 is 0 Å². The fourth-order valence-corrected chi connectivity index (χ4v) is 2.39. The Morgan fingerprint density at radius 1 is 1.55 bits per heavy atom. The topological polar surface area (TPSA) is 46.6 Å². The van der Waals surface area contributed by atoms with E-state index in [2.05, 4.69) is 0 Å². The lowest BCUT2D eigenvalue weighted by Gasteiger charge is -2.28. The van der Waals surface area contributed by atoms with Gasteiger partial charge in [-0.2, -0.15) is 0 Å². The van der Waals surface area contributed by atoms with E-state index in [-0.39, 0.29) is 11.9 Å². The van der Waals surface area contributed by atoms with Crippen LogP contribution in [-0.4, -0.2) is 45.3 Å². The molecule has 5 heteroatoms. The number of hydrogen-bond acceptors (Lipinski definition) is 3. The molecular weight excluding hydrogens is 166 g/mol. The minimum Gasteiger partial charge on any atom is -0.380 e. The highest BCUT2D eigenvalue weighted by Gasteiger charge is 2.28. The molecule has 4 nitrogen and oxygen atoms in total. The maximum atomic E-state index is 11.1. The van der Waals surface area contributed by atoms with Crippen LogP contribution in [0.4, 0.5) is 0 Å². The first kappa shape index (κ1) is 8.96. The molecule has 1 aliphatic rings. The summed E-state index contributed by atoms with van der Waals surface area (Å²) >= 11 is 0. The second kappa shape index (κ2) is 3.08. The summed E-state index contributed by atoms with van der Waals surface area (Å²) in [5, 5.41) is 0. The third kappa shape index (κ3) is 1.91. The summed E-state index contributed by atoms with van der Waals surface area (Å²) in [6, 6.07) is 0. The third-order valence-corrected chi connectivity index (χ3v) is 3.82. The zero-order valence-electron chi connectivity index (χ0n) is 6.78. The summed E-state index contributed by atoms with van der Waals surface area (Å²) in [5.74, 6) is 0.210. The number of nitrogens with zero attached hydrogens (tertiary/aromatic N) is 1. The highest BCUT2D eigenvalue weighted by Crippen LogP contribution is 2.13. The van der Waals surface area contributed by atoms with Gasteiger partial charge in [-0.25, -0.2) is 12.7 Å². The average Bonchev–Trinajstić information content (AvgIpc) is 1.95. The molecule has 0 amide bonds. The number of sulfonamides is 1. The molecule has 0 radical (unpaired) electrons. The SMILES string of the molecule is COC1CCS(=O)(=O)N(C)C1. The zero-order valence-corrected chi connectivity index (χ0v) is 7.60. The number of likely N-dealkylation sites (N-methyl/N-ethyl adjacent to an activating group) is 1. The molecular formula is C6H13NO3S. The molecule has 0 spiro atoms. The van der Waals surface area contributed by atoms with E-state index in [1.807, 2.05) is 0 Å². The molecule has 0 saturated carbocycles. The first-order valence-electron chi connectivity index (χ1n) is 3.53. The second-order valence-electron chi connectivity index (χ2n) is 2.74. The molecule has 1 aliphatic heterocycles. The Morgan fingerprint density at radius 3 is 2.64 bits per heavy atom. The van der Waals surface area contributed by atoms with E-state index in [9.17, 15) is 8.42 Å². The van der Waals surface area contributed by atoms with Crippen LogP contribution in [0, 0.1) is 0 Å². The smallest absolute Gasteiger partial charge is 0.214 e. The second-order valence-corrected chi connectivity index (χ2v) is 4.94. The molecule has 0 aromatic heterocycles. The van der Waals surface area contributed by atoms with Gasteiger partial charge in [0.2, 0.25) is 10.0 Å². The first-order valence-corrected chi connectivity index (χ1v) is 5.14. The van der Waals surface area contributed by atoms with E-state index in [0.717, 1.165) is 0 Å². The Balaban J connectivity index is 2.62. The van der Waals surface area contributed by atoms with Gasteiger partial charge in [0.25, 0.3) is 0 Å². The highest BCUT2D eigenvalue weighted by atomic mass is 32.2. The van der Waals surface area contributed by atoms with Crippen LogP contribution in [0.1, 0.15) is 6.42 Å². The predicted molar refractivity (Wildman–Crippen MR) is 41.8 cm³/mol. The summed E-state index contributed by atoms with van der Waals surface area (Å²) in [5.41, 5.74) is 0. The molecule has 1 saturated heterocycles. The standard InChI is InChI=1S/C6H13NO3S/c1-7-5-6(10-2)3-4-11(7,8)9/h6H,3-5H2,1-2H3. The molecule has 0 aromatic rings. The quantitative estimate of drug-likeness (QED) is 0.553. The Kier molecular flexibility index (Phi) is 2.51. The lowest BCUT2D eigenvalue weighted by atomic mass is 10.3. The van der Waals surface area contributed by atoms with E-state index in [0.29, 0.717) is 13.0 Å². The first-order chi connectivity index (χ1) is 5.06. The van der Waals surface area contributed by atoms with Gasteiger partial charge in [-0.15, -0.1) is 0 Å². The predicted octanol–water partition coefficient (Wildman–Crippen LogP) is -0.333. The van der Waals surface area contributed by atoms with E-state index in [1.54, 1.807) is 14.2 Å². The van der Waals surface area contributed by atoms with Crippen molar-refractivity contribution in [2.75, 3.05) is 26.5 Å². The maximum Gasteiger partial charge on any atom is 0.214 e. The normalized spacial score (nSPS) is 32.0. The molecule has 66 valence electrons. The summed E-state index contributed by atoms with van der Waals surface area (Å²) in [7, 11) is 0.240. The monoisotopic (exact) mass is 179 g/mol. The Hall–Kier alpha value is -0.130. The number of ether oxygens (including phenoxy) is 1. The largest absolute Gasteiger partial charge is 0.380 e. The van der Waals surface area contributed by atoms with Crippen LogP contribution in [0.5, 0.6) is 0 Å². The lowest BCUT2D eigenvalue weighted by Crippen LogP contribution is -2.42. The van der Waals surface area contributed by atoms with Crippen LogP contribution < -0.4 is 0 Å². The molecule has 1 rings (SSSR count). The van der Waals surface area contributed by atoms with Crippen molar-refractivity contribution in [2.24, 2.45) is 0 Å². The fourth-order valence-electron chi connectivity index (χ4n) is 1.12. The van der Waals surface area contributed by atoms with Crippen molar-refractivity contribution in [1.82, 2.24) is 4.31 Å². The number of rotatable bonds is 1. The number of hydrogen-bond donors (Lipinski definition) is 0. The summed E-state index contributed by atoms with van der Waals surface area (Å²) in [6.07, 6.45) is 0.687. The van der Waals surface area contributed by atoms with Crippen molar-refractivity contribution in [1.29, 1.82) is 0 Å². The van der Waals surface area contributed by atoms with Gasteiger partial charge >= 0.3 is 0 Å². The van der Waals surface area contributed by atoms with Gasteiger partial charge in [-0.1, -0.05) is 0 Å². The van der Waals surface area contributed by atoms with Gasteiger partial charge in [-0.3, -0.25) is 0 Å². The van der Waals surface area contributed by atoms with E-state index in [4.69, 9.17) is 4.74 Å². The van der Waals surface area contributed by atoms with Crippen molar-refractivity contribution in [3.63, 3.8) is 0 Å². The molecule has 1 atom stereocenters. The molecule has 0 aliphatic carbocycles. The number of methoxy groups -OCH3 is 1. The van der Waals surface area contributed by atoms with Crippen LogP contribution >= 0.6 is 0 Å². The minimum absolute atomic E-state index is 0.0727. The van der Waals surface area contributed by atoms with Crippen molar-refractivity contribution in [2.45, 2.75) is 12.5 Å².